The van der Waals surface area contributed by atoms with E-state index in [0.29, 0.717) is 16.9 Å². The summed E-state index contributed by atoms with van der Waals surface area (Å²) in [4.78, 5) is 23.5. The first-order chi connectivity index (χ1) is 14.5. The number of para-hydroxylation sites is 1. The number of nitrogens with one attached hydrogen (secondary N) is 2. The van der Waals surface area contributed by atoms with Crippen LogP contribution in [0.3, 0.4) is 0 Å². The number of hydrogen-bond donors (Lipinski definition) is 2. The maximum Gasteiger partial charge on any atom is 0.329 e. The Bertz CT molecular complexity index is 1070. The molecule has 0 bridgehead atoms. The molecule has 0 aliphatic rings. The maximum absolute atomic E-state index is 13.5. The van der Waals surface area contributed by atoms with Gasteiger partial charge in [-0.2, -0.15) is 5.10 Å². The van der Waals surface area contributed by atoms with E-state index in [-0.39, 0.29) is 18.1 Å². The Morgan fingerprint density at radius 2 is 1.70 bits per heavy atom. The summed E-state index contributed by atoms with van der Waals surface area (Å²) in [5, 5.41) is 5.86. The van der Waals surface area contributed by atoms with E-state index < -0.39 is 17.6 Å². The molecular formula is C22H17F2N3O3. The fourth-order valence-electron chi connectivity index (χ4n) is 2.40. The topological polar surface area (TPSA) is 79.8 Å². The number of halogens is 2. The highest BCUT2D eigenvalue weighted by Gasteiger charge is 2.14. The highest BCUT2D eigenvalue weighted by Crippen LogP contribution is 2.14. The van der Waals surface area contributed by atoms with Crippen molar-refractivity contribution < 1.29 is 23.1 Å². The van der Waals surface area contributed by atoms with Crippen molar-refractivity contribution in [2.24, 2.45) is 5.10 Å². The molecule has 2 N–H and O–H groups in total. The zero-order valence-corrected chi connectivity index (χ0v) is 15.6. The van der Waals surface area contributed by atoms with Crippen molar-refractivity contribution in [1.82, 2.24) is 5.43 Å². The third kappa shape index (κ3) is 5.96. The first-order valence-electron chi connectivity index (χ1n) is 8.87. The summed E-state index contributed by atoms with van der Waals surface area (Å²) in [6, 6.07) is 18.4. The van der Waals surface area contributed by atoms with E-state index in [1.807, 2.05) is 0 Å². The van der Waals surface area contributed by atoms with Crippen LogP contribution >= 0.6 is 0 Å². The van der Waals surface area contributed by atoms with Gasteiger partial charge in [-0.25, -0.2) is 14.2 Å². The molecule has 0 atom stereocenters. The van der Waals surface area contributed by atoms with Crippen LogP contribution in [0, 0.1) is 11.6 Å². The molecule has 6 nitrogen and oxygen atoms in total. The summed E-state index contributed by atoms with van der Waals surface area (Å²) in [6.07, 6.45) is 1.34. The van der Waals surface area contributed by atoms with Crippen molar-refractivity contribution >= 4 is 23.7 Å². The van der Waals surface area contributed by atoms with Crippen LogP contribution in [-0.4, -0.2) is 18.0 Å². The second-order valence-corrected chi connectivity index (χ2v) is 6.12. The van der Waals surface area contributed by atoms with Crippen LogP contribution in [-0.2, 0) is 16.2 Å². The van der Waals surface area contributed by atoms with E-state index in [2.05, 4.69) is 15.8 Å². The van der Waals surface area contributed by atoms with Gasteiger partial charge in [0.25, 0.3) is 0 Å². The molecule has 3 aromatic rings. The molecule has 152 valence electrons. The van der Waals surface area contributed by atoms with Gasteiger partial charge in [0.05, 0.1) is 11.9 Å². The Kier molecular flexibility index (Phi) is 6.83. The first kappa shape index (κ1) is 20.7. The van der Waals surface area contributed by atoms with Gasteiger partial charge in [0, 0.05) is 0 Å². The Balaban J connectivity index is 1.48. The number of carbonyl (C=O) groups excluding carboxylic acids is 2. The quantitative estimate of drug-likeness (QED) is 0.371. The third-order valence-corrected chi connectivity index (χ3v) is 3.88. The Labute approximate surface area is 171 Å². The van der Waals surface area contributed by atoms with E-state index in [1.54, 1.807) is 36.4 Å². The molecule has 0 heterocycles. The van der Waals surface area contributed by atoms with Gasteiger partial charge in [-0.1, -0.05) is 24.3 Å². The molecule has 2 amide bonds. The molecule has 0 radical (unpaired) electrons. The fraction of sp³-hybridized carbons (Fsp3) is 0.0455. The summed E-state index contributed by atoms with van der Waals surface area (Å²) in [6.45, 7) is 0.221. The van der Waals surface area contributed by atoms with Gasteiger partial charge in [0.1, 0.15) is 24.0 Å². The van der Waals surface area contributed by atoms with Crippen LogP contribution in [0.4, 0.5) is 14.5 Å². The summed E-state index contributed by atoms with van der Waals surface area (Å²) < 4.78 is 32.2. The van der Waals surface area contributed by atoms with Crippen LogP contribution in [0.2, 0.25) is 0 Å². The van der Waals surface area contributed by atoms with Crippen molar-refractivity contribution in [3.8, 4) is 5.75 Å². The van der Waals surface area contributed by atoms with E-state index >= 15 is 0 Å². The zero-order valence-electron chi connectivity index (χ0n) is 15.6. The van der Waals surface area contributed by atoms with Crippen LogP contribution in [0.15, 0.2) is 77.9 Å². The molecule has 0 aliphatic carbocycles. The number of nitrogens with zero attached hydrogens (tertiary/aromatic N) is 1. The number of amides is 2. The monoisotopic (exact) mass is 409 g/mol. The van der Waals surface area contributed by atoms with Gasteiger partial charge < -0.3 is 10.1 Å². The molecule has 8 heteroatoms. The molecule has 0 saturated carbocycles. The molecule has 0 unspecified atom stereocenters. The van der Waals surface area contributed by atoms with Gasteiger partial charge in [-0.3, -0.25) is 9.59 Å². The number of rotatable bonds is 6. The van der Waals surface area contributed by atoms with Crippen molar-refractivity contribution in [2.45, 2.75) is 6.61 Å². The van der Waals surface area contributed by atoms with E-state index in [1.165, 1.54) is 36.5 Å². The second-order valence-electron chi connectivity index (χ2n) is 6.12. The maximum atomic E-state index is 13.5. The van der Waals surface area contributed by atoms with Crippen molar-refractivity contribution in [1.29, 1.82) is 0 Å². The van der Waals surface area contributed by atoms with Crippen LogP contribution < -0.4 is 15.5 Å². The lowest BCUT2D eigenvalue weighted by molar-refractivity contribution is -0.136. The van der Waals surface area contributed by atoms with Gasteiger partial charge in [0.2, 0.25) is 0 Å². The van der Waals surface area contributed by atoms with Crippen molar-refractivity contribution in [2.75, 3.05) is 5.32 Å². The summed E-state index contributed by atoms with van der Waals surface area (Å²) in [5.74, 6) is -2.48. The minimum absolute atomic E-state index is 0.101. The molecular weight excluding hydrogens is 392 g/mol. The molecule has 3 aromatic carbocycles. The standard InChI is InChI=1S/C22H17F2N3O3/c23-17-5-3-4-16(12-17)14-30-18-10-8-15(9-11-18)13-25-27-22(29)21(28)26-20-7-2-1-6-19(20)24/h1-13H,14H2,(H,26,28)(H,27,29)/b25-13-. The number of carbonyl (C=O) groups is 2. The van der Waals surface area contributed by atoms with Gasteiger partial charge in [-0.15, -0.1) is 0 Å². The highest BCUT2D eigenvalue weighted by molar-refractivity contribution is 6.39. The fourth-order valence-corrected chi connectivity index (χ4v) is 2.40. The lowest BCUT2D eigenvalue weighted by Gasteiger charge is -2.06. The van der Waals surface area contributed by atoms with E-state index in [9.17, 15) is 18.4 Å². The summed E-state index contributed by atoms with van der Waals surface area (Å²) in [5.41, 5.74) is 3.31. The summed E-state index contributed by atoms with van der Waals surface area (Å²) in [7, 11) is 0. The minimum Gasteiger partial charge on any atom is -0.489 e. The van der Waals surface area contributed by atoms with E-state index in [4.69, 9.17) is 4.74 Å². The predicted octanol–water partition coefficient (Wildman–Crippen LogP) is 3.63. The normalized spacial score (nSPS) is 10.6. The molecule has 30 heavy (non-hydrogen) atoms. The predicted molar refractivity (Wildman–Crippen MR) is 108 cm³/mol. The lowest BCUT2D eigenvalue weighted by atomic mass is 10.2. The number of anilines is 1. The molecule has 3 rings (SSSR count). The summed E-state index contributed by atoms with van der Waals surface area (Å²) >= 11 is 0. The molecule has 0 fully saturated rings. The third-order valence-electron chi connectivity index (χ3n) is 3.88. The van der Waals surface area contributed by atoms with E-state index in [0.717, 1.165) is 6.07 Å². The van der Waals surface area contributed by atoms with Crippen LogP contribution in [0.25, 0.3) is 0 Å². The SMILES string of the molecule is O=C(N/N=C\c1ccc(OCc2cccc(F)c2)cc1)C(=O)Nc1ccccc1F. The number of hydrazone groups is 1. The molecule has 0 spiro atoms. The highest BCUT2D eigenvalue weighted by atomic mass is 19.1. The van der Waals surface area contributed by atoms with Crippen LogP contribution in [0.5, 0.6) is 5.75 Å². The van der Waals surface area contributed by atoms with Gasteiger partial charge >= 0.3 is 11.8 Å². The molecule has 0 saturated heterocycles. The van der Waals surface area contributed by atoms with Crippen molar-refractivity contribution in [3.63, 3.8) is 0 Å². The Hall–Kier alpha value is -4.07. The number of ether oxygens (including phenoxy) is 1. The van der Waals surface area contributed by atoms with Crippen LogP contribution in [0.1, 0.15) is 11.1 Å². The average molecular weight is 409 g/mol. The average Bonchev–Trinajstić information content (AvgIpc) is 2.75. The lowest BCUT2D eigenvalue weighted by Crippen LogP contribution is -2.32. The number of hydrogen-bond acceptors (Lipinski definition) is 4. The first-order valence-corrected chi connectivity index (χ1v) is 8.87. The van der Waals surface area contributed by atoms with Gasteiger partial charge in [0.15, 0.2) is 0 Å². The smallest absolute Gasteiger partial charge is 0.329 e. The molecule has 0 aromatic heterocycles. The number of benzene rings is 3. The van der Waals surface area contributed by atoms with Crippen molar-refractivity contribution in [3.05, 3.63) is 95.6 Å². The minimum atomic E-state index is -1.04. The largest absolute Gasteiger partial charge is 0.489 e. The second kappa shape index (κ2) is 9.92. The molecule has 0 aliphatic heterocycles. The Morgan fingerprint density at radius 1 is 0.933 bits per heavy atom. The zero-order chi connectivity index (χ0) is 21.3. The van der Waals surface area contributed by atoms with Gasteiger partial charge in [-0.05, 0) is 59.7 Å². The Morgan fingerprint density at radius 3 is 2.43 bits per heavy atom.